The third-order valence-electron chi connectivity index (χ3n) is 3.21. The van der Waals surface area contributed by atoms with Gasteiger partial charge in [-0.05, 0) is 25.2 Å². The van der Waals surface area contributed by atoms with Crippen LogP contribution in [0.15, 0.2) is 0 Å². The van der Waals surface area contributed by atoms with Crippen molar-refractivity contribution in [1.82, 2.24) is 5.32 Å². The summed E-state index contributed by atoms with van der Waals surface area (Å²) in [5.41, 5.74) is 0. The normalized spacial score (nSPS) is 25.5. The molecule has 1 rings (SSSR count). The Morgan fingerprint density at radius 1 is 1.47 bits per heavy atom. The molecule has 0 aromatic rings. The quantitative estimate of drug-likeness (QED) is 0.734. The van der Waals surface area contributed by atoms with Crippen LogP contribution >= 0.6 is 0 Å². The molecule has 0 aromatic carbocycles. The first-order valence-corrected chi connectivity index (χ1v) is 6.06. The minimum absolute atomic E-state index is 0.0332. The molecular weight excluding hydrogens is 190 g/mol. The number of nitrogens with one attached hydrogen (secondary N) is 1. The number of hydrogen-bond donors (Lipinski definition) is 1. The van der Waals surface area contributed by atoms with Gasteiger partial charge in [-0.15, -0.1) is 0 Å². The second-order valence-electron chi connectivity index (χ2n) is 4.44. The number of carbonyl (C=O) groups is 1. The van der Waals surface area contributed by atoms with Crippen LogP contribution in [0.4, 0.5) is 0 Å². The molecule has 1 aliphatic carbocycles. The Labute approximate surface area is 92.6 Å². The summed E-state index contributed by atoms with van der Waals surface area (Å²) in [6.45, 7) is 2.41. The molecule has 1 fully saturated rings. The molecule has 0 aliphatic heterocycles. The maximum Gasteiger partial charge on any atom is 0.246 e. The highest BCUT2D eigenvalue weighted by atomic mass is 16.5. The SMILES string of the molecule is CCCC[C@H]1CCC[C@@H]1NC(=O)COC. The monoisotopic (exact) mass is 213 g/mol. The summed E-state index contributed by atoms with van der Waals surface area (Å²) in [6.07, 6.45) is 7.46. The van der Waals surface area contributed by atoms with Crippen LogP contribution in [-0.2, 0) is 9.53 Å². The molecule has 1 N–H and O–H groups in total. The van der Waals surface area contributed by atoms with E-state index in [0.717, 1.165) is 6.42 Å². The zero-order valence-corrected chi connectivity index (χ0v) is 9.92. The molecule has 3 heteroatoms. The van der Waals surface area contributed by atoms with Gasteiger partial charge in [-0.2, -0.15) is 0 Å². The van der Waals surface area contributed by atoms with E-state index in [2.05, 4.69) is 12.2 Å². The number of ether oxygens (including phenoxy) is 1. The van der Waals surface area contributed by atoms with Crippen LogP contribution in [0.3, 0.4) is 0 Å². The fraction of sp³-hybridized carbons (Fsp3) is 0.917. The first-order valence-electron chi connectivity index (χ1n) is 6.06. The highest BCUT2D eigenvalue weighted by Gasteiger charge is 2.27. The Kier molecular flexibility index (Phi) is 5.69. The molecule has 15 heavy (non-hydrogen) atoms. The predicted octanol–water partition coefficient (Wildman–Crippen LogP) is 2.11. The van der Waals surface area contributed by atoms with Gasteiger partial charge >= 0.3 is 0 Å². The second kappa shape index (κ2) is 6.83. The molecular formula is C12H23NO2. The van der Waals surface area contributed by atoms with Crippen LogP contribution in [0, 0.1) is 5.92 Å². The van der Waals surface area contributed by atoms with Gasteiger partial charge in [0.15, 0.2) is 0 Å². The maximum absolute atomic E-state index is 11.4. The third kappa shape index (κ3) is 4.20. The summed E-state index contributed by atoms with van der Waals surface area (Å²) in [5, 5.41) is 3.07. The molecule has 0 spiro atoms. The van der Waals surface area contributed by atoms with Crippen LogP contribution < -0.4 is 5.32 Å². The summed E-state index contributed by atoms with van der Waals surface area (Å²) in [4.78, 5) is 11.4. The molecule has 0 aromatic heterocycles. The number of amides is 1. The Morgan fingerprint density at radius 3 is 2.93 bits per heavy atom. The molecule has 0 unspecified atom stereocenters. The smallest absolute Gasteiger partial charge is 0.246 e. The Hall–Kier alpha value is -0.570. The van der Waals surface area contributed by atoms with E-state index in [4.69, 9.17) is 4.74 Å². The number of methoxy groups -OCH3 is 1. The van der Waals surface area contributed by atoms with Crippen molar-refractivity contribution >= 4 is 5.91 Å². The summed E-state index contributed by atoms with van der Waals surface area (Å²) in [6, 6.07) is 0.402. The summed E-state index contributed by atoms with van der Waals surface area (Å²) in [5.74, 6) is 0.733. The Bertz CT molecular complexity index is 194. The van der Waals surface area contributed by atoms with Gasteiger partial charge in [0, 0.05) is 13.2 Å². The maximum atomic E-state index is 11.4. The molecule has 0 radical (unpaired) electrons. The lowest BCUT2D eigenvalue weighted by Gasteiger charge is -2.20. The summed E-state index contributed by atoms with van der Waals surface area (Å²) < 4.78 is 4.82. The number of unbranched alkanes of at least 4 members (excludes halogenated alkanes) is 1. The van der Waals surface area contributed by atoms with Crippen LogP contribution in [0.25, 0.3) is 0 Å². The fourth-order valence-electron chi connectivity index (χ4n) is 2.42. The molecule has 0 bridgehead atoms. The van der Waals surface area contributed by atoms with Gasteiger partial charge < -0.3 is 10.1 Å². The summed E-state index contributed by atoms with van der Waals surface area (Å²) in [7, 11) is 1.56. The summed E-state index contributed by atoms with van der Waals surface area (Å²) >= 11 is 0. The van der Waals surface area contributed by atoms with Gasteiger partial charge in [-0.1, -0.05) is 26.2 Å². The van der Waals surface area contributed by atoms with Gasteiger partial charge in [-0.3, -0.25) is 4.79 Å². The van der Waals surface area contributed by atoms with E-state index < -0.39 is 0 Å². The van der Waals surface area contributed by atoms with Crippen LogP contribution in [0.2, 0.25) is 0 Å². The Balaban J connectivity index is 2.29. The minimum Gasteiger partial charge on any atom is -0.375 e. The zero-order chi connectivity index (χ0) is 11.1. The lowest BCUT2D eigenvalue weighted by atomic mass is 9.97. The predicted molar refractivity (Wildman–Crippen MR) is 60.7 cm³/mol. The van der Waals surface area contributed by atoms with E-state index in [1.54, 1.807) is 7.11 Å². The molecule has 2 atom stereocenters. The van der Waals surface area contributed by atoms with Crippen molar-refractivity contribution in [2.45, 2.75) is 51.5 Å². The molecule has 0 heterocycles. The lowest BCUT2D eigenvalue weighted by molar-refractivity contribution is -0.125. The molecule has 3 nitrogen and oxygen atoms in total. The minimum atomic E-state index is 0.0332. The first kappa shape index (κ1) is 12.5. The van der Waals surface area contributed by atoms with E-state index in [1.807, 2.05) is 0 Å². The number of hydrogen-bond acceptors (Lipinski definition) is 2. The van der Waals surface area contributed by atoms with Gasteiger partial charge in [0.2, 0.25) is 5.91 Å². The molecule has 1 saturated carbocycles. The van der Waals surface area contributed by atoms with Crippen molar-refractivity contribution in [2.75, 3.05) is 13.7 Å². The zero-order valence-electron chi connectivity index (χ0n) is 9.92. The number of rotatable bonds is 6. The highest BCUT2D eigenvalue weighted by molar-refractivity contribution is 5.77. The van der Waals surface area contributed by atoms with E-state index in [0.29, 0.717) is 12.0 Å². The largest absolute Gasteiger partial charge is 0.375 e. The average molecular weight is 213 g/mol. The van der Waals surface area contributed by atoms with Gasteiger partial charge in [-0.25, -0.2) is 0 Å². The second-order valence-corrected chi connectivity index (χ2v) is 4.44. The van der Waals surface area contributed by atoms with Crippen molar-refractivity contribution in [3.05, 3.63) is 0 Å². The topological polar surface area (TPSA) is 38.3 Å². The molecule has 1 amide bonds. The Morgan fingerprint density at radius 2 is 2.27 bits per heavy atom. The van der Waals surface area contributed by atoms with E-state index in [-0.39, 0.29) is 12.5 Å². The van der Waals surface area contributed by atoms with Crippen molar-refractivity contribution in [3.8, 4) is 0 Å². The standard InChI is InChI=1S/C12H23NO2/c1-3-4-6-10-7-5-8-11(10)13-12(14)9-15-2/h10-11H,3-9H2,1-2H3,(H,13,14)/t10-,11-/m0/s1. The van der Waals surface area contributed by atoms with Crippen molar-refractivity contribution in [2.24, 2.45) is 5.92 Å². The van der Waals surface area contributed by atoms with Crippen LogP contribution in [0.1, 0.15) is 45.4 Å². The van der Waals surface area contributed by atoms with Crippen molar-refractivity contribution in [1.29, 1.82) is 0 Å². The van der Waals surface area contributed by atoms with Gasteiger partial charge in [0.05, 0.1) is 0 Å². The van der Waals surface area contributed by atoms with E-state index in [1.165, 1.54) is 32.1 Å². The van der Waals surface area contributed by atoms with E-state index in [9.17, 15) is 4.79 Å². The van der Waals surface area contributed by atoms with Gasteiger partial charge in [0.1, 0.15) is 6.61 Å². The van der Waals surface area contributed by atoms with Crippen molar-refractivity contribution < 1.29 is 9.53 Å². The average Bonchev–Trinajstić information content (AvgIpc) is 2.63. The highest BCUT2D eigenvalue weighted by Crippen LogP contribution is 2.29. The van der Waals surface area contributed by atoms with Gasteiger partial charge in [0.25, 0.3) is 0 Å². The molecule has 0 saturated heterocycles. The number of carbonyl (C=O) groups excluding carboxylic acids is 1. The van der Waals surface area contributed by atoms with Crippen molar-refractivity contribution in [3.63, 3.8) is 0 Å². The van der Waals surface area contributed by atoms with Crippen LogP contribution in [0.5, 0.6) is 0 Å². The molecule has 88 valence electrons. The first-order chi connectivity index (χ1) is 7.27. The lowest BCUT2D eigenvalue weighted by Crippen LogP contribution is -2.39. The third-order valence-corrected chi connectivity index (χ3v) is 3.21. The van der Waals surface area contributed by atoms with Crippen LogP contribution in [-0.4, -0.2) is 25.7 Å². The molecule has 1 aliphatic rings. The fourth-order valence-corrected chi connectivity index (χ4v) is 2.42. The van der Waals surface area contributed by atoms with E-state index >= 15 is 0 Å².